The largest absolute Gasteiger partial charge is 0.573 e. The van der Waals surface area contributed by atoms with Gasteiger partial charge in [0.25, 0.3) is 5.56 Å². The van der Waals surface area contributed by atoms with E-state index in [1.165, 1.54) is 19.2 Å². The van der Waals surface area contributed by atoms with Gasteiger partial charge >= 0.3 is 6.36 Å². The fourth-order valence-electron chi connectivity index (χ4n) is 1.91. The highest BCUT2D eigenvalue weighted by atomic mass is 19.4. The summed E-state index contributed by atoms with van der Waals surface area (Å²) in [5.74, 6) is -0.995. The lowest BCUT2D eigenvalue weighted by molar-refractivity contribution is -0.274. The second-order valence-corrected chi connectivity index (χ2v) is 4.38. The number of aromatic nitrogens is 2. The van der Waals surface area contributed by atoms with Crippen molar-refractivity contribution in [3.05, 3.63) is 51.4 Å². The van der Waals surface area contributed by atoms with Gasteiger partial charge in [-0.1, -0.05) is 0 Å². The normalized spacial score (nSPS) is 11.5. The number of H-pyrrole nitrogens is 1. The van der Waals surface area contributed by atoms with Crippen molar-refractivity contribution in [1.29, 1.82) is 0 Å². The Bertz CT molecular complexity index is 727. The zero-order valence-corrected chi connectivity index (χ0v) is 11.1. The van der Waals surface area contributed by atoms with Gasteiger partial charge in [-0.05, 0) is 31.2 Å². The van der Waals surface area contributed by atoms with Crippen LogP contribution in [-0.4, -0.2) is 21.9 Å². The minimum absolute atomic E-state index is 0.0398. The summed E-state index contributed by atoms with van der Waals surface area (Å²) >= 11 is 0. The lowest BCUT2D eigenvalue weighted by Crippen LogP contribution is -2.20. The van der Waals surface area contributed by atoms with Gasteiger partial charge in [0.15, 0.2) is 5.78 Å². The van der Waals surface area contributed by atoms with E-state index in [1.807, 2.05) is 0 Å². The fourth-order valence-corrected chi connectivity index (χ4v) is 1.91. The molecule has 0 aliphatic rings. The predicted molar refractivity (Wildman–Crippen MR) is 67.3 cm³/mol. The molecule has 0 aliphatic heterocycles. The van der Waals surface area contributed by atoms with Gasteiger partial charge in [0.05, 0.1) is 0 Å². The molecule has 1 aromatic heterocycles. The summed E-state index contributed by atoms with van der Waals surface area (Å²) in [6.07, 6.45) is -4.79. The number of hydrogen-bond donors (Lipinski definition) is 1. The summed E-state index contributed by atoms with van der Waals surface area (Å²) < 4.78 is 41.0. The quantitative estimate of drug-likeness (QED) is 0.883. The number of ether oxygens (including phenoxy) is 1. The van der Waals surface area contributed by atoms with E-state index in [2.05, 4.69) is 9.84 Å². The number of rotatable bonds is 3. The smallest absolute Gasteiger partial charge is 0.406 e. The Morgan fingerprint density at radius 3 is 2.24 bits per heavy atom. The SMILES string of the molecule is Cc1[nH]n(C)c(=O)c1C(=O)c1ccc(OC(F)(F)F)cc1. The maximum atomic E-state index is 12.2. The van der Waals surface area contributed by atoms with E-state index in [0.717, 1.165) is 16.8 Å². The Labute approximate surface area is 116 Å². The molecule has 0 atom stereocenters. The van der Waals surface area contributed by atoms with Crippen LogP contribution in [-0.2, 0) is 7.05 Å². The van der Waals surface area contributed by atoms with Crippen molar-refractivity contribution in [2.24, 2.45) is 7.05 Å². The standard InChI is InChI=1S/C13H11F3N2O3/c1-7-10(12(20)18(2)17-7)11(19)8-3-5-9(6-4-8)21-13(14,15)16/h3-6,17H,1-2H3. The number of hydrogen-bond acceptors (Lipinski definition) is 3. The number of ketones is 1. The summed E-state index contributed by atoms with van der Waals surface area (Å²) in [5.41, 5.74) is -0.0393. The molecular weight excluding hydrogens is 289 g/mol. The molecule has 0 radical (unpaired) electrons. The molecule has 1 heterocycles. The highest BCUT2D eigenvalue weighted by molar-refractivity contribution is 6.09. The summed E-state index contributed by atoms with van der Waals surface area (Å²) in [5, 5.41) is 2.68. The number of aryl methyl sites for hydroxylation is 2. The summed E-state index contributed by atoms with van der Waals surface area (Å²) in [6.45, 7) is 1.57. The fraction of sp³-hybridized carbons (Fsp3) is 0.231. The van der Waals surface area contributed by atoms with Crippen LogP contribution in [0.15, 0.2) is 29.1 Å². The molecule has 2 rings (SSSR count). The van der Waals surface area contributed by atoms with E-state index in [0.29, 0.717) is 5.69 Å². The molecule has 0 saturated heterocycles. The molecule has 21 heavy (non-hydrogen) atoms. The number of carbonyl (C=O) groups is 1. The number of halogens is 3. The third kappa shape index (κ3) is 3.15. The molecule has 2 aromatic rings. The number of nitrogens with one attached hydrogen (secondary N) is 1. The number of alkyl halides is 3. The molecular formula is C13H11F3N2O3. The Kier molecular flexibility index (Phi) is 3.63. The van der Waals surface area contributed by atoms with Crippen LogP contribution in [0.5, 0.6) is 5.75 Å². The lowest BCUT2D eigenvalue weighted by atomic mass is 10.0. The van der Waals surface area contributed by atoms with E-state index >= 15 is 0 Å². The van der Waals surface area contributed by atoms with Crippen molar-refractivity contribution in [1.82, 2.24) is 9.78 Å². The van der Waals surface area contributed by atoms with E-state index in [4.69, 9.17) is 0 Å². The summed E-state index contributed by atoms with van der Waals surface area (Å²) in [7, 11) is 1.46. The molecule has 0 fully saturated rings. The first-order valence-electron chi connectivity index (χ1n) is 5.85. The zero-order chi connectivity index (χ0) is 15.8. The van der Waals surface area contributed by atoms with Gasteiger partial charge in [-0.15, -0.1) is 13.2 Å². The average molecular weight is 300 g/mol. The van der Waals surface area contributed by atoms with Crippen LogP contribution >= 0.6 is 0 Å². The molecule has 0 unspecified atom stereocenters. The van der Waals surface area contributed by atoms with Crippen LogP contribution in [0, 0.1) is 6.92 Å². The number of aromatic amines is 1. The molecule has 0 saturated carbocycles. The Morgan fingerprint density at radius 2 is 1.81 bits per heavy atom. The van der Waals surface area contributed by atoms with Crippen molar-refractivity contribution < 1.29 is 22.7 Å². The average Bonchev–Trinajstić information content (AvgIpc) is 2.61. The molecule has 0 spiro atoms. The van der Waals surface area contributed by atoms with Crippen LogP contribution in [0.25, 0.3) is 0 Å². The second kappa shape index (κ2) is 5.12. The van der Waals surface area contributed by atoms with Gasteiger partial charge in [-0.3, -0.25) is 19.4 Å². The first-order valence-corrected chi connectivity index (χ1v) is 5.85. The van der Waals surface area contributed by atoms with Crippen molar-refractivity contribution in [3.63, 3.8) is 0 Å². The van der Waals surface area contributed by atoms with Crippen LogP contribution in [0.2, 0.25) is 0 Å². The number of carbonyl (C=O) groups excluding carboxylic acids is 1. The minimum Gasteiger partial charge on any atom is -0.406 e. The van der Waals surface area contributed by atoms with Crippen molar-refractivity contribution in [2.75, 3.05) is 0 Å². The Hall–Kier alpha value is -2.51. The van der Waals surface area contributed by atoms with Gasteiger partial charge in [0.2, 0.25) is 0 Å². The van der Waals surface area contributed by atoms with E-state index < -0.39 is 23.5 Å². The van der Waals surface area contributed by atoms with Gasteiger partial charge in [-0.2, -0.15) is 0 Å². The van der Waals surface area contributed by atoms with Crippen LogP contribution < -0.4 is 10.3 Å². The van der Waals surface area contributed by atoms with Gasteiger partial charge in [0.1, 0.15) is 11.3 Å². The Morgan fingerprint density at radius 1 is 1.24 bits per heavy atom. The van der Waals surface area contributed by atoms with Crippen LogP contribution in [0.4, 0.5) is 13.2 Å². The zero-order valence-electron chi connectivity index (χ0n) is 11.1. The van der Waals surface area contributed by atoms with Crippen molar-refractivity contribution in [2.45, 2.75) is 13.3 Å². The summed E-state index contributed by atoms with van der Waals surface area (Å²) in [6, 6.07) is 4.39. The molecule has 5 nitrogen and oxygen atoms in total. The van der Waals surface area contributed by atoms with Crippen LogP contribution in [0.1, 0.15) is 21.6 Å². The predicted octanol–water partition coefficient (Wildman–Crippen LogP) is 2.15. The summed E-state index contributed by atoms with van der Waals surface area (Å²) in [4.78, 5) is 24.0. The molecule has 0 bridgehead atoms. The van der Waals surface area contributed by atoms with Crippen molar-refractivity contribution >= 4 is 5.78 Å². The van der Waals surface area contributed by atoms with E-state index in [9.17, 15) is 22.8 Å². The maximum Gasteiger partial charge on any atom is 0.573 e. The highest BCUT2D eigenvalue weighted by Crippen LogP contribution is 2.23. The third-order valence-corrected chi connectivity index (χ3v) is 2.81. The topological polar surface area (TPSA) is 64.1 Å². The molecule has 0 amide bonds. The first-order chi connectivity index (χ1) is 9.69. The van der Waals surface area contributed by atoms with Crippen molar-refractivity contribution in [3.8, 4) is 5.75 Å². The van der Waals surface area contributed by atoms with E-state index in [-0.39, 0.29) is 11.1 Å². The minimum atomic E-state index is -4.79. The Balaban J connectivity index is 2.31. The molecule has 0 aliphatic carbocycles. The van der Waals surface area contributed by atoms with Gasteiger partial charge in [0, 0.05) is 18.3 Å². The number of benzene rings is 1. The van der Waals surface area contributed by atoms with Crippen LogP contribution in [0.3, 0.4) is 0 Å². The van der Waals surface area contributed by atoms with Gasteiger partial charge < -0.3 is 4.74 Å². The molecule has 1 aromatic carbocycles. The molecule has 8 heteroatoms. The number of nitrogens with zero attached hydrogens (tertiary/aromatic N) is 1. The molecule has 112 valence electrons. The third-order valence-electron chi connectivity index (χ3n) is 2.81. The first kappa shape index (κ1) is 14.9. The van der Waals surface area contributed by atoms with E-state index in [1.54, 1.807) is 6.92 Å². The highest BCUT2D eigenvalue weighted by Gasteiger charge is 2.31. The second-order valence-electron chi connectivity index (χ2n) is 4.38. The van der Waals surface area contributed by atoms with Gasteiger partial charge in [-0.25, -0.2) is 0 Å². The monoisotopic (exact) mass is 300 g/mol. The molecule has 1 N–H and O–H groups in total. The lowest BCUT2D eigenvalue weighted by Gasteiger charge is -2.08. The maximum absolute atomic E-state index is 12.2.